The Balaban J connectivity index is 1.47. The highest BCUT2D eigenvalue weighted by Gasteiger charge is 2.27. The molecule has 0 radical (unpaired) electrons. The van der Waals surface area contributed by atoms with Gasteiger partial charge in [0.1, 0.15) is 18.4 Å². The Morgan fingerprint density at radius 1 is 1.09 bits per heavy atom. The fourth-order valence-corrected chi connectivity index (χ4v) is 3.96. The number of ether oxygens (including phenoxy) is 2. The second-order valence-electron chi connectivity index (χ2n) is 8.24. The van der Waals surface area contributed by atoms with Crippen molar-refractivity contribution in [3.05, 3.63) is 87.1 Å². The Kier molecular flexibility index (Phi) is 6.84. The highest BCUT2D eigenvalue weighted by Crippen LogP contribution is 2.24. The summed E-state index contributed by atoms with van der Waals surface area (Å²) >= 11 is 0. The molecule has 8 nitrogen and oxygen atoms in total. The minimum Gasteiger partial charge on any atom is -0.497 e. The molecule has 0 N–H and O–H groups in total. The van der Waals surface area contributed by atoms with E-state index in [2.05, 4.69) is 16.1 Å². The van der Waals surface area contributed by atoms with E-state index >= 15 is 0 Å². The number of carbonyl (C=O) groups excluding carboxylic acids is 1. The molecular weight excluding hydrogens is 420 g/mol. The van der Waals surface area contributed by atoms with Gasteiger partial charge in [0.05, 0.1) is 31.6 Å². The number of aryl methyl sites for hydroxylation is 2. The molecular formula is C25H28N4O4. The van der Waals surface area contributed by atoms with Gasteiger partial charge in [0, 0.05) is 18.3 Å². The summed E-state index contributed by atoms with van der Waals surface area (Å²) in [6.45, 7) is 4.94. The molecule has 3 aromatic rings. The molecule has 1 aliphatic rings. The van der Waals surface area contributed by atoms with Crippen LogP contribution in [-0.4, -0.2) is 52.4 Å². The van der Waals surface area contributed by atoms with Gasteiger partial charge in [-0.15, -0.1) is 0 Å². The molecule has 1 atom stereocenters. The van der Waals surface area contributed by atoms with Crippen molar-refractivity contribution < 1.29 is 14.3 Å². The van der Waals surface area contributed by atoms with Crippen LogP contribution in [0.25, 0.3) is 0 Å². The van der Waals surface area contributed by atoms with E-state index in [0.29, 0.717) is 25.4 Å². The zero-order valence-electron chi connectivity index (χ0n) is 19.2. The molecule has 0 spiro atoms. The van der Waals surface area contributed by atoms with Crippen molar-refractivity contribution in [3.8, 4) is 5.75 Å². The van der Waals surface area contributed by atoms with Crippen LogP contribution in [0.15, 0.2) is 53.3 Å². The Morgan fingerprint density at radius 2 is 1.88 bits per heavy atom. The van der Waals surface area contributed by atoms with Gasteiger partial charge in [-0.1, -0.05) is 12.1 Å². The zero-order chi connectivity index (χ0) is 23.4. The van der Waals surface area contributed by atoms with Crippen molar-refractivity contribution in [2.75, 3.05) is 26.8 Å². The molecule has 1 aliphatic heterocycles. The molecule has 2 aromatic heterocycles. The summed E-state index contributed by atoms with van der Waals surface area (Å²) in [7, 11) is 1.65. The van der Waals surface area contributed by atoms with Crippen LogP contribution in [0.1, 0.15) is 34.3 Å². The van der Waals surface area contributed by atoms with E-state index in [4.69, 9.17) is 9.47 Å². The first-order valence-electron chi connectivity index (χ1n) is 11.0. The summed E-state index contributed by atoms with van der Waals surface area (Å²) in [4.78, 5) is 31.3. The lowest BCUT2D eigenvalue weighted by Crippen LogP contribution is -2.45. The van der Waals surface area contributed by atoms with Crippen LogP contribution in [0.3, 0.4) is 0 Å². The minimum absolute atomic E-state index is 0.0861. The first-order chi connectivity index (χ1) is 15.9. The molecule has 8 heteroatoms. The van der Waals surface area contributed by atoms with E-state index in [1.54, 1.807) is 25.0 Å². The third-order valence-electron chi connectivity index (χ3n) is 5.63. The first-order valence-corrected chi connectivity index (χ1v) is 11.0. The predicted octanol–water partition coefficient (Wildman–Crippen LogP) is 2.45. The average Bonchev–Trinajstić information content (AvgIpc) is 2.81. The number of hydrogen-bond donors (Lipinski definition) is 0. The number of morpholine rings is 1. The number of carbonyl (C=O) groups is 1. The molecule has 1 saturated heterocycles. The molecule has 0 bridgehead atoms. The average molecular weight is 449 g/mol. The second-order valence-corrected chi connectivity index (χ2v) is 8.24. The zero-order valence-corrected chi connectivity index (χ0v) is 19.2. The standard InChI is InChI=1S/C25H28N4O4/c1-17-4-9-24(30)29(27-17)16-25(31)28-10-11-33-23(15-28)22-14-20(12-18(2)26-22)13-19-5-7-21(32-3)8-6-19/h4-9,12,14,23H,10-11,13,15-16H2,1-3H3/t23-/m1/s1. The number of rotatable bonds is 6. The van der Waals surface area contributed by atoms with E-state index in [1.807, 2.05) is 37.3 Å². The summed E-state index contributed by atoms with van der Waals surface area (Å²) < 4.78 is 12.4. The monoisotopic (exact) mass is 448 g/mol. The van der Waals surface area contributed by atoms with Crippen molar-refractivity contribution in [3.63, 3.8) is 0 Å². The van der Waals surface area contributed by atoms with Crippen LogP contribution in [0.5, 0.6) is 5.75 Å². The smallest absolute Gasteiger partial charge is 0.267 e. The fraction of sp³-hybridized carbons (Fsp3) is 0.360. The van der Waals surface area contributed by atoms with Gasteiger partial charge in [-0.05, 0) is 61.7 Å². The van der Waals surface area contributed by atoms with Crippen LogP contribution in [0.4, 0.5) is 0 Å². The third kappa shape index (κ3) is 5.64. The van der Waals surface area contributed by atoms with Crippen molar-refractivity contribution in [2.24, 2.45) is 0 Å². The van der Waals surface area contributed by atoms with Crippen molar-refractivity contribution in [1.29, 1.82) is 0 Å². The van der Waals surface area contributed by atoms with Crippen molar-refractivity contribution in [1.82, 2.24) is 19.7 Å². The summed E-state index contributed by atoms with van der Waals surface area (Å²) in [5, 5.41) is 4.16. The maximum absolute atomic E-state index is 12.9. The maximum Gasteiger partial charge on any atom is 0.267 e. The molecule has 1 fully saturated rings. The number of aromatic nitrogens is 3. The first kappa shape index (κ1) is 22.7. The Hall–Kier alpha value is -3.52. The van der Waals surface area contributed by atoms with Gasteiger partial charge < -0.3 is 14.4 Å². The summed E-state index contributed by atoms with van der Waals surface area (Å²) in [5.41, 5.74) is 4.41. The van der Waals surface area contributed by atoms with E-state index in [-0.39, 0.29) is 24.1 Å². The second kappa shape index (κ2) is 9.95. The number of nitrogens with zero attached hydrogens (tertiary/aromatic N) is 4. The number of hydrogen-bond acceptors (Lipinski definition) is 6. The molecule has 0 saturated carbocycles. The van der Waals surface area contributed by atoms with Crippen LogP contribution >= 0.6 is 0 Å². The lowest BCUT2D eigenvalue weighted by atomic mass is 10.0. The van der Waals surface area contributed by atoms with Crippen LogP contribution in [0, 0.1) is 13.8 Å². The van der Waals surface area contributed by atoms with Crippen molar-refractivity contribution in [2.45, 2.75) is 32.9 Å². The topological polar surface area (TPSA) is 86.5 Å². The summed E-state index contributed by atoms with van der Waals surface area (Å²) in [5.74, 6) is 0.670. The van der Waals surface area contributed by atoms with Crippen LogP contribution < -0.4 is 10.3 Å². The predicted molar refractivity (Wildman–Crippen MR) is 123 cm³/mol. The SMILES string of the molecule is COc1ccc(Cc2cc(C)nc([C@H]3CN(C(=O)Cn4nc(C)ccc4=O)CCO3)c2)cc1. The lowest BCUT2D eigenvalue weighted by Gasteiger charge is -2.33. The highest BCUT2D eigenvalue weighted by atomic mass is 16.5. The van der Waals surface area contributed by atoms with Gasteiger partial charge >= 0.3 is 0 Å². The maximum atomic E-state index is 12.9. The molecule has 1 aromatic carbocycles. The number of methoxy groups -OCH3 is 1. The van der Waals surface area contributed by atoms with Gasteiger partial charge in [0.25, 0.3) is 5.56 Å². The third-order valence-corrected chi connectivity index (χ3v) is 5.63. The van der Waals surface area contributed by atoms with Gasteiger partial charge in [-0.2, -0.15) is 5.10 Å². The van der Waals surface area contributed by atoms with Crippen LogP contribution in [0.2, 0.25) is 0 Å². The molecule has 4 rings (SSSR count). The van der Waals surface area contributed by atoms with Gasteiger partial charge in [0.15, 0.2) is 0 Å². The molecule has 1 amide bonds. The van der Waals surface area contributed by atoms with Crippen LogP contribution in [-0.2, 0) is 22.5 Å². The van der Waals surface area contributed by atoms with E-state index in [0.717, 1.165) is 29.1 Å². The molecule has 0 aliphatic carbocycles. The Bertz CT molecular complexity index is 1190. The van der Waals surface area contributed by atoms with E-state index in [1.165, 1.54) is 16.3 Å². The van der Waals surface area contributed by atoms with E-state index < -0.39 is 0 Å². The number of benzene rings is 1. The summed E-state index contributed by atoms with van der Waals surface area (Å²) in [6, 6.07) is 15.2. The largest absolute Gasteiger partial charge is 0.497 e. The normalized spacial score (nSPS) is 16.0. The molecule has 33 heavy (non-hydrogen) atoms. The lowest BCUT2D eigenvalue weighted by molar-refractivity contribution is -0.140. The molecule has 3 heterocycles. The number of amides is 1. The summed E-state index contributed by atoms with van der Waals surface area (Å²) in [6.07, 6.45) is 0.442. The fourth-order valence-electron chi connectivity index (χ4n) is 3.96. The van der Waals surface area contributed by atoms with Gasteiger partial charge in [0.2, 0.25) is 5.91 Å². The van der Waals surface area contributed by atoms with E-state index in [9.17, 15) is 9.59 Å². The Labute approximate surface area is 192 Å². The van der Waals surface area contributed by atoms with Crippen molar-refractivity contribution >= 4 is 5.91 Å². The molecule has 0 unspecified atom stereocenters. The molecule has 172 valence electrons. The Morgan fingerprint density at radius 3 is 2.64 bits per heavy atom. The van der Waals surface area contributed by atoms with Gasteiger partial charge in [-0.3, -0.25) is 14.6 Å². The number of pyridine rings is 1. The van der Waals surface area contributed by atoms with Gasteiger partial charge in [-0.25, -0.2) is 4.68 Å². The highest BCUT2D eigenvalue weighted by molar-refractivity contribution is 5.76. The quantitative estimate of drug-likeness (QED) is 0.576. The minimum atomic E-state index is -0.320.